The van der Waals surface area contributed by atoms with E-state index in [2.05, 4.69) is 4.98 Å². The van der Waals surface area contributed by atoms with Crippen LogP contribution in [-0.4, -0.2) is 42.6 Å². The fraction of sp³-hybridized carbons (Fsp3) is 0.759. The summed E-state index contributed by atoms with van der Waals surface area (Å²) >= 11 is 0. The fourth-order valence-corrected chi connectivity index (χ4v) is 8.83. The normalized spacial score (nSPS) is 34.8. The van der Waals surface area contributed by atoms with Gasteiger partial charge in [-0.05, 0) is 88.9 Å². The Morgan fingerprint density at radius 3 is 2.25 bits per heavy atom. The minimum atomic E-state index is -1.30. The molecule has 0 spiro atoms. The summed E-state index contributed by atoms with van der Waals surface area (Å²) in [5.41, 5.74) is 9.53. The number of H-pyrrole nitrogens is 1. The number of ether oxygens (including phenoxy) is 1. The Balaban J connectivity index is 1.39. The second kappa shape index (κ2) is 9.56. The number of nitrogens with one attached hydrogen (secondary N) is 1. The van der Waals surface area contributed by atoms with Crippen LogP contribution in [0.5, 0.6) is 0 Å². The van der Waals surface area contributed by atoms with Crippen molar-refractivity contribution in [2.45, 2.75) is 121 Å². The van der Waals surface area contributed by atoms with Gasteiger partial charge in [-0.3, -0.25) is 23.5 Å². The first-order valence-electron chi connectivity index (χ1n) is 15.1. The third-order valence-corrected chi connectivity index (χ3v) is 10.3. The second-order valence-electron chi connectivity index (χ2n) is 13.3. The van der Waals surface area contributed by atoms with Gasteiger partial charge in [0.15, 0.2) is 11.2 Å². The molecule has 40 heavy (non-hydrogen) atoms. The van der Waals surface area contributed by atoms with Crippen LogP contribution in [0.3, 0.4) is 0 Å². The summed E-state index contributed by atoms with van der Waals surface area (Å²) in [6.07, 6.45) is 8.08. The Morgan fingerprint density at radius 1 is 1.02 bits per heavy atom. The molecular weight excluding hydrogens is 512 g/mol. The molecule has 218 valence electrons. The molecule has 0 aliphatic heterocycles. The lowest BCUT2D eigenvalue weighted by atomic mass is 9.44. The zero-order valence-electron chi connectivity index (χ0n) is 23.7. The van der Waals surface area contributed by atoms with E-state index in [1.54, 1.807) is 4.57 Å². The number of imidazole rings is 1. The Bertz CT molecular complexity index is 1450. The minimum absolute atomic E-state index is 0.0194. The van der Waals surface area contributed by atoms with Crippen molar-refractivity contribution in [3.8, 4) is 0 Å². The number of carbonyl (C=O) groups is 2. The number of esters is 1. The molecule has 4 bridgehead atoms. The lowest BCUT2D eigenvalue weighted by molar-refractivity contribution is -0.195. The van der Waals surface area contributed by atoms with Crippen LogP contribution in [0.4, 0.5) is 0 Å². The van der Waals surface area contributed by atoms with Crippen LogP contribution in [0.1, 0.15) is 96.7 Å². The molecule has 5 aliphatic rings. The van der Waals surface area contributed by atoms with Crippen LogP contribution in [0.25, 0.3) is 11.2 Å². The topological polar surface area (TPSA) is 168 Å². The average molecular weight is 555 g/mol. The van der Waals surface area contributed by atoms with Gasteiger partial charge in [0, 0.05) is 24.5 Å². The summed E-state index contributed by atoms with van der Waals surface area (Å²) < 4.78 is 9.06. The fourth-order valence-electron chi connectivity index (χ4n) is 8.83. The summed E-state index contributed by atoms with van der Waals surface area (Å²) in [5.74, 6) is 0.408. The van der Waals surface area contributed by atoms with Gasteiger partial charge in [0.05, 0.1) is 5.41 Å². The van der Waals surface area contributed by atoms with Crippen LogP contribution < -0.4 is 22.7 Å². The van der Waals surface area contributed by atoms with Crippen molar-refractivity contribution in [3.05, 3.63) is 26.7 Å². The Labute approximate surface area is 233 Å². The standard InChI is InChI=1S/C29H42N6O5/c1-3-9-34-21-20(22(36)35(10-4-2)26(34)39)32-24(33-21)27-12-17-11-18(13-27)15-28(14-17,16-27)25(38)40-29(23(31)37)7-5-19(30)6-8-29/h17-19H,3-16,30H2,1-2H3,(H2,31,37)(H,32,33). The number of amides is 1. The highest BCUT2D eigenvalue weighted by Crippen LogP contribution is 2.66. The van der Waals surface area contributed by atoms with E-state index in [0.717, 1.165) is 38.5 Å². The van der Waals surface area contributed by atoms with Crippen LogP contribution in [0, 0.1) is 17.3 Å². The number of nitrogens with two attached hydrogens (primary N) is 2. The van der Waals surface area contributed by atoms with Gasteiger partial charge in [-0.25, -0.2) is 9.78 Å². The molecule has 5 fully saturated rings. The van der Waals surface area contributed by atoms with E-state index in [0.29, 0.717) is 80.4 Å². The molecule has 0 radical (unpaired) electrons. The highest BCUT2D eigenvalue weighted by molar-refractivity contribution is 5.88. The highest BCUT2D eigenvalue weighted by atomic mass is 16.6. The third kappa shape index (κ3) is 4.06. The minimum Gasteiger partial charge on any atom is -0.449 e. The molecule has 11 nitrogen and oxygen atoms in total. The van der Waals surface area contributed by atoms with E-state index in [-0.39, 0.29) is 23.3 Å². The largest absolute Gasteiger partial charge is 0.449 e. The van der Waals surface area contributed by atoms with Gasteiger partial charge < -0.3 is 21.2 Å². The molecule has 5 N–H and O–H groups in total. The van der Waals surface area contributed by atoms with Gasteiger partial charge in [-0.1, -0.05) is 13.8 Å². The molecule has 2 aromatic heterocycles. The number of aromatic nitrogens is 4. The SMILES string of the molecule is CCCn1c(=O)c2[nH]c(C34CC5CC(CC(C(=O)OC6(C(N)=O)CCC(N)CC6)(C5)C3)C4)nc2n(CCC)c1=O. The maximum absolute atomic E-state index is 14.1. The molecule has 0 saturated heterocycles. The summed E-state index contributed by atoms with van der Waals surface area (Å²) in [7, 11) is 0. The van der Waals surface area contributed by atoms with Gasteiger partial charge in [0.25, 0.3) is 11.5 Å². The number of primary amides is 1. The zero-order chi connectivity index (χ0) is 28.4. The van der Waals surface area contributed by atoms with E-state index < -0.39 is 22.3 Å². The lowest BCUT2D eigenvalue weighted by Gasteiger charge is -2.60. The predicted molar refractivity (Wildman–Crippen MR) is 148 cm³/mol. The van der Waals surface area contributed by atoms with Gasteiger partial charge in [0.1, 0.15) is 11.3 Å². The van der Waals surface area contributed by atoms with Crippen LogP contribution in [0.15, 0.2) is 9.59 Å². The number of hydrogen-bond acceptors (Lipinski definition) is 7. The van der Waals surface area contributed by atoms with E-state index in [1.807, 2.05) is 13.8 Å². The molecule has 2 heterocycles. The molecule has 0 aromatic carbocycles. The molecule has 1 amide bonds. The van der Waals surface area contributed by atoms with Crippen molar-refractivity contribution >= 4 is 23.0 Å². The number of nitrogens with zero attached hydrogens (tertiary/aromatic N) is 3. The summed E-state index contributed by atoms with van der Waals surface area (Å²) in [5, 5.41) is 0. The van der Waals surface area contributed by atoms with Crippen LogP contribution in [-0.2, 0) is 32.8 Å². The Morgan fingerprint density at radius 2 is 1.65 bits per heavy atom. The smallest absolute Gasteiger partial charge is 0.332 e. The van der Waals surface area contributed by atoms with E-state index in [1.165, 1.54) is 4.57 Å². The Kier molecular flexibility index (Phi) is 6.51. The summed E-state index contributed by atoms with van der Waals surface area (Å²) in [6, 6.07) is -0.0194. The molecule has 5 aliphatic carbocycles. The number of carbonyl (C=O) groups excluding carboxylic acids is 2. The third-order valence-electron chi connectivity index (χ3n) is 10.3. The molecule has 2 atom stereocenters. The summed E-state index contributed by atoms with van der Waals surface area (Å²) in [4.78, 5) is 61.6. The molecule has 5 saturated carbocycles. The van der Waals surface area contributed by atoms with Gasteiger partial charge in [-0.2, -0.15) is 0 Å². The van der Waals surface area contributed by atoms with Crippen molar-refractivity contribution in [1.29, 1.82) is 0 Å². The number of fused-ring (bicyclic) bond motifs is 1. The van der Waals surface area contributed by atoms with Crippen molar-refractivity contribution in [1.82, 2.24) is 19.1 Å². The second-order valence-corrected chi connectivity index (χ2v) is 13.3. The zero-order valence-corrected chi connectivity index (χ0v) is 23.7. The Hall–Kier alpha value is -2.95. The monoisotopic (exact) mass is 554 g/mol. The highest BCUT2D eigenvalue weighted by Gasteiger charge is 2.63. The quantitative estimate of drug-likeness (QED) is 0.420. The number of aryl methyl sites for hydroxylation is 1. The van der Waals surface area contributed by atoms with Gasteiger partial charge in [-0.15, -0.1) is 0 Å². The van der Waals surface area contributed by atoms with Crippen LogP contribution in [0.2, 0.25) is 0 Å². The first kappa shape index (κ1) is 27.2. The van der Waals surface area contributed by atoms with Crippen molar-refractivity contribution in [2.24, 2.45) is 28.7 Å². The molecule has 7 rings (SSSR count). The van der Waals surface area contributed by atoms with E-state index in [9.17, 15) is 19.2 Å². The first-order valence-corrected chi connectivity index (χ1v) is 15.1. The number of aromatic amines is 1. The lowest BCUT2D eigenvalue weighted by Crippen LogP contribution is -2.60. The van der Waals surface area contributed by atoms with Crippen LogP contribution >= 0.6 is 0 Å². The van der Waals surface area contributed by atoms with Crippen molar-refractivity contribution in [3.63, 3.8) is 0 Å². The molecular formula is C29H42N6O5. The van der Waals surface area contributed by atoms with E-state index >= 15 is 0 Å². The average Bonchev–Trinajstić information content (AvgIpc) is 3.36. The maximum Gasteiger partial charge on any atom is 0.332 e. The maximum atomic E-state index is 14.1. The molecule has 2 aromatic rings. The molecule has 11 heteroatoms. The van der Waals surface area contributed by atoms with Crippen molar-refractivity contribution < 1.29 is 14.3 Å². The van der Waals surface area contributed by atoms with Gasteiger partial charge in [0.2, 0.25) is 0 Å². The summed E-state index contributed by atoms with van der Waals surface area (Å²) in [6.45, 7) is 4.75. The van der Waals surface area contributed by atoms with Gasteiger partial charge >= 0.3 is 11.7 Å². The van der Waals surface area contributed by atoms with E-state index in [4.69, 9.17) is 21.2 Å². The molecule has 2 unspecified atom stereocenters. The number of rotatable bonds is 8. The number of hydrogen-bond donors (Lipinski definition) is 3. The van der Waals surface area contributed by atoms with Crippen molar-refractivity contribution in [2.75, 3.05) is 0 Å². The predicted octanol–water partition coefficient (Wildman–Crippen LogP) is 2.21. The first-order chi connectivity index (χ1) is 19.1.